The predicted octanol–water partition coefficient (Wildman–Crippen LogP) is 1.94. The van der Waals surface area contributed by atoms with Crippen molar-refractivity contribution in [3.63, 3.8) is 0 Å². The Labute approximate surface area is 182 Å². The van der Waals surface area contributed by atoms with Gasteiger partial charge >= 0.3 is 5.63 Å². The van der Waals surface area contributed by atoms with Gasteiger partial charge in [-0.3, -0.25) is 4.90 Å². The summed E-state index contributed by atoms with van der Waals surface area (Å²) in [7, 11) is 0. The zero-order valence-corrected chi connectivity index (χ0v) is 17.6. The number of hydrogen-bond acceptors (Lipinski definition) is 9. The molecule has 1 aliphatic rings. The van der Waals surface area contributed by atoms with Crippen molar-refractivity contribution >= 4 is 38.5 Å². The number of anilines is 1. The molecule has 0 aliphatic carbocycles. The molecule has 5 rings (SSSR count). The molecule has 1 aromatic carbocycles. The van der Waals surface area contributed by atoms with Crippen LogP contribution in [0.15, 0.2) is 51.7 Å². The Morgan fingerprint density at radius 3 is 2.68 bits per heavy atom. The number of nitrogens with zero attached hydrogens (tertiary/aromatic N) is 4. The van der Waals surface area contributed by atoms with Crippen molar-refractivity contribution in [2.75, 3.05) is 44.2 Å². The van der Waals surface area contributed by atoms with E-state index in [-0.39, 0.29) is 6.61 Å². The number of aliphatic hydroxyl groups is 2. The van der Waals surface area contributed by atoms with Crippen LogP contribution in [0.1, 0.15) is 0 Å². The summed E-state index contributed by atoms with van der Waals surface area (Å²) < 4.78 is 6.59. The van der Waals surface area contributed by atoms with E-state index in [9.17, 15) is 9.90 Å². The summed E-state index contributed by atoms with van der Waals surface area (Å²) in [6.45, 7) is 3.23. The summed E-state index contributed by atoms with van der Waals surface area (Å²) in [6.07, 6.45) is -0.718. The highest BCUT2D eigenvalue weighted by Crippen LogP contribution is 2.30. The van der Waals surface area contributed by atoms with E-state index in [1.54, 1.807) is 6.07 Å². The Hall–Kier alpha value is -2.85. The number of hydrogen-bond donors (Lipinski definition) is 2. The van der Waals surface area contributed by atoms with Crippen LogP contribution < -0.4 is 10.5 Å². The van der Waals surface area contributed by atoms with Crippen LogP contribution in [0, 0.1) is 0 Å². The van der Waals surface area contributed by atoms with Gasteiger partial charge < -0.3 is 19.5 Å². The van der Waals surface area contributed by atoms with Crippen LogP contribution in [0.4, 0.5) is 5.82 Å². The number of thiazole rings is 1. The average Bonchev–Trinajstić information content (AvgIpc) is 3.22. The molecule has 2 N–H and O–H groups in total. The van der Waals surface area contributed by atoms with E-state index in [1.165, 1.54) is 11.3 Å². The van der Waals surface area contributed by atoms with Crippen LogP contribution in [-0.2, 0) is 0 Å². The number of pyridine rings is 1. The van der Waals surface area contributed by atoms with Crippen LogP contribution in [0.3, 0.4) is 0 Å². The molecule has 160 valence electrons. The molecule has 31 heavy (non-hydrogen) atoms. The molecule has 4 heterocycles. The minimum Gasteiger partial charge on any atom is -0.403 e. The van der Waals surface area contributed by atoms with Crippen LogP contribution in [0.25, 0.3) is 31.9 Å². The van der Waals surface area contributed by atoms with Crippen LogP contribution >= 0.6 is 11.3 Å². The molecule has 0 amide bonds. The summed E-state index contributed by atoms with van der Waals surface area (Å²) in [4.78, 5) is 26.1. The summed E-state index contributed by atoms with van der Waals surface area (Å²) in [5.41, 5.74) is 1.17. The highest BCUT2D eigenvalue weighted by Gasteiger charge is 2.21. The number of piperazine rings is 1. The maximum absolute atomic E-state index is 12.7. The van der Waals surface area contributed by atoms with E-state index >= 15 is 0 Å². The van der Waals surface area contributed by atoms with Crippen molar-refractivity contribution in [3.8, 4) is 10.6 Å². The molecule has 1 aliphatic heterocycles. The van der Waals surface area contributed by atoms with Gasteiger partial charge in [0.05, 0.1) is 28.5 Å². The minimum absolute atomic E-state index is 0.232. The zero-order chi connectivity index (χ0) is 21.4. The van der Waals surface area contributed by atoms with Gasteiger partial charge in [-0.2, -0.15) is 4.98 Å². The van der Waals surface area contributed by atoms with E-state index in [0.29, 0.717) is 22.8 Å². The monoisotopic (exact) mass is 438 g/mol. The van der Waals surface area contributed by atoms with Crippen LogP contribution in [0.5, 0.6) is 0 Å². The molecule has 4 aromatic rings. The van der Waals surface area contributed by atoms with Gasteiger partial charge in [-0.25, -0.2) is 9.78 Å². The summed E-state index contributed by atoms with van der Waals surface area (Å²) in [5, 5.41) is 20.0. The van der Waals surface area contributed by atoms with Gasteiger partial charge in [0.1, 0.15) is 10.8 Å². The Morgan fingerprint density at radius 2 is 1.90 bits per heavy atom. The minimum atomic E-state index is -0.718. The van der Waals surface area contributed by atoms with E-state index in [2.05, 4.69) is 19.8 Å². The summed E-state index contributed by atoms with van der Waals surface area (Å²) in [5.74, 6) is 0.755. The number of aromatic nitrogens is 2. The first-order valence-electron chi connectivity index (χ1n) is 10.2. The fourth-order valence-electron chi connectivity index (χ4n) is 3.82. The zero-order valence-electron chi connectivity index (χ0n) is 16.8. The smallest absolute Gasteiger partial charge is 0.347 e. The second-order valence-corrected chi connectivity index (χ2v) is 8.65. The van der Waals surface area contributed by atoms with E-state index in [1.807, 2.05) is 36.4 Å². The summed E-state index contributed by atoms with van der Waals surface area (Å²) in [6, 6.07) is 13.4. The number of fused-ring (bicyclic) bond motifs is 2. The molecule has 0 radical (unpaired) electrons. The van der Waals surface area contributed by atoms with Gasteiger partial charge in [0.2, 0.25) is 5.71 Å². The number of aliphatic hydroxyl groups excluding tert-OH is 2. The van der Waals surface area contributed by atoms with Crippen molar-refractivity contribution in [2.24, 2.45) is 0 Å². The largest absolute Gasteiger partial charge is 0.403 e. The van der Waals surface area contributed by atoms with E-state index < -0.39 is 11.7 Å². The molecule has 1 saturated heterocycles. The molecule has 9 heteroatoms. The first kappa shape index (κ1) is 20.1. The highest BCUT2D eigenvalue weighted by molar-refractivity contribution is 7.21. The average molecular weight is 439 g/mol. The molecule has 1 fully saturated rings. The maximum atomic E-state index is 12.7. The van der Waals surface area contributed by atoms with Crippen LogP contribution in [-0.4, -0.2) is 70.5 Å². The standard InChI is InChI=1S/C22H22N4O4S/c27-13-15(28)12-25-7-9-26(10-8-25)19-6-5-14-11-16(22(29)30-20(14)24-19)21-23-17-3-1-2-4-18(17)31-21/h1-6,11,15,27-28H,7-10,12-13H2. The summed E-state index contributed by atoms with van der Waals surface area (Å²) >= 11 is 1.47. The van der Waals surface area contributed by atoms with Crippen LogP contribution in [0.2, 0.25) is 0 Å². The third-order valence-electron chi connectivity index (χ3n) is 5.48. The SMILES string of the molecule is O=c1oc2nc(N3CCN(CC(O)CO)CC3)ccc2cc1-c1nc2ccccc2s1. The van der Waals surface area contributed by atoms with E-state index in [4.69, 9.17) is 9.52 Å². The number of benzene rings is 1. The predicted molar refractivity (Wildman–Crippen MR) is 121 cm³/mol. The van der Waals surface area contributed by atoms with Crippen molar-refractivity contribution in [2.45, 2.75) is 6.10 Å². The molecule has 1 unspecified atom stereocenters. The third-order valence-corrected chi connectivity index (χ3v) is 6.55. The van der Waals surface area contributed by atoms with Gasteiger partial charge in [0.25, 0.3) is 0 Å². The fraction of sp³-hybridized carbons (Fsp3) is 0.318. The topological polar surface area (TPSA) is 103 Å². The Kier molecular flexibility index (Phi) is 5.41. The van der Waals surface area contributed by atoms with Gasteiger partial charge in [-0.05, 0) is 30.3 Å². The molecular formula is C22H22N4O4S. The quantitative estimate of drug-likeness (QED) is 0.487. The third kappa shape index (κ3) is 4.05. The van der Waals surface area contributed by atoms with Gasteiger partial charge in [-0.1, -0.05) is 12.1 Å². The van der Waals surface area contributed by atoms with E-state index in [0.717, 1.165) is 47.6 Å². The van der Waals surface area contributed by atoms with Gasteiger partial charge in [0.15, 0.2) is 0 Å². The van der Waals surface area contributed by atoms with Crippen molar-refractivity contribution in [3.05, 3.63) is 52.9 Å². The highest BCUT2D eigenvalue weighted by atomic mass is 32.1. The molecule has 1 atom stereocenters. The Balaban J connectivity index is 1.39. The number of β-amino-alcohol motifs (C(OH)–C–C–N with tert-alkyl or cyclic N) is 1. The van der Waals surface area contributed by atoms with Crippen molar-refractivity contribution < 1.29 is 14.6 Å². The van der Waals surface area contributed by atoms with Crippen molar-refractivity contribution in [1.29, 1.82) is 0 Å². The molecule has 8 nitrogen and oxygen atoms in total. The van der Waals surface area contributed by atoms with Crippen molar-refractivity contribution in [1.82, 2.24) is 14.9 Å². The molecular weight excluding hydrogens is 416 g/mol. The fourth-order valence-corrected chi connectivity index (χ4v) is 4.79. The molecule has 3 aromatic heterocycles. The second-order valence-electron chi connectivity index (χ2n) is 7.62. The lowest BCUT2D eigenvalue weighted by atomic mass is 10.2. The molecule has 0 bridgehead atoms. The van der Waals surface area contributed by atoms with Gasteiger partial charge in [0, 0.05) is 38.1 Å². The molecule has 0 saturated carbocycles. The normalized spacial score (nSPS) is 16.3. The first-order chi connectivity index (χ1) is 15.1. The first-order valence-corrected chi connectivity index (χ1v) is 11.0. The Morgan fingerprint density at radius 1 is 1.10 bits per heavy atom. The molecule has 0 spiro atoms. The lowest BCUT2D eigenvalue weighted by Crippen LogP contribution is -2.49. The second kappa shape index (κ2) is 8.35. The number of rotatable bonds is 5. The lowest BCUT2D eigenvalue weighted by Gasteiger charge is -2.36. The number of para-hydroxylation sites is 1. The van der Waals surface area contributed by atoms with Gasteiger partial charge in [-0.15, -0.1) is 11.3 Å². The maximum Gasteiger partial charge on any atom is 0.347 e. The Bertz CT molecular complexity index is 1250. The lowest BCUT2D eigenvalue weighted by molar-refractivity contribution is 0.0574.